The Morgan fingerprint density at radius 2 is 0.605 bits per heavy atom. The summed E-state index contributed by atoms with van der Waals surface area (Å²) < 4.78 is 31.3. The van der Waals surface area contributed by atoms with Crippen molar-refractivity contribution in [1.82, 2.24) is 0 Å². The van der Waals surface area contributed by atoms with Gasteiger partial charge >= 0.3 is 20.5 Å². The highest BCUT2D eigenvalue weighted by Gasteiger charge is 2.33. The van der Waals surface area contributed by atoms with Crippen LogP contribution in [0.1, 0.15) is 313 Å². The van der Waals surface area contributed by atoms with E-state index in [1.54, 1.807) is 11.8 Å². The Morgan fingerprint density at radius 1 is 0.358 bits per heavy atom. The van der Waals surface area contributed by atoms with Gasteiger partial charge in [-0.3, -0.25) is 9.59 Å². The predicted octanol–water partition coefficient (Wildman–Crippen LogP) is 22.7. The first-order valence-electron chi connectivity index (χ1n) is 32.0. The van der Waals surface area contributed by atoms with E-state index in [9.17, 15) is 9.59 Å². The summed E-state index contributed by atoms with van der Waals surface area (Å²) in [6.07, 6.45) is 26.5. The Hall–Kier alpha value is -3.22. The summed E-state index contributed by atoms with van der Waals surface area (Å²) >= 11 is 1.63. The molecule has 3 aromatic rings. The van der Waals surface area contributed by atoms with Gasteiger partial charge in [-0.2, -0.15) is 11.8 Å². The van der Waals surface area contributed by atoms with Gasteiger partial charge in [-0.25, -0.2) is 0 Å². The Bertz CT molecular complexity index is 2000. The van der Waals surface area contributed by atoms with E-state index in [0.29, 0.717) is 37.6 Å². The summed E-state index contributed by atoms with van der Waals surface area (Å²) in [5, 5.41) is 0. The fraction of sp³-hybridized carbons (Fsp3) is 0.722. The van der Waals surface area contributed by atoms with Gasteiger partial charge in [0.05, 0.1) is 26.1 Å². The van der Waals surface area contributed by atoms with Gasteiger partial charge in [0.1, 0.15) is 17.2 Å². The molecular weight excluding hydrogens is 1040 g/mol. The molecule has 0 saturated carbocycles. The molecule has 0 heterocycles. The maximum absolute atomic E-state index is 11.8. The van der Waals surface area contributed by atoms with Crippen LogP contribution in [0.3, 0.4) is 0 Å². The molecule has 0 saturated heterocycles. The lowest BCUT2D eigenvalue weighted by atomic mass is 9.80. The van der Waals surface area contributed by atoms with E-state index in [1.165, 1.54) is 119 Å². The summed E-state index contributed by atoms with van der Waals surface area (Å²) in [5.74, 6) is 3.57. The predicted molar refractivity (Wildman–Crippen MR) is 352 cm³/mol. The molecule has 0 amide bonds. The lowest BCUT2D eigenvalue weighted by Crippen LogP contribution is -2.20. The molecule has 9 heteroatoms. The first kappa shape index (κ1) is 73.9. The number of hydrogen-bond donors (Lipinski definition) is 0. The number of benzene rings is 3. The Morgan fingerprint density at radius 3 is 0.840 bits per heavy atom. The van der Waals surface area contributed by atoms with Gasteiger partial charge in [0, 0.05) is 28.2 Å². The van der Waals surface area contributed by atoms with Crippen molar-refractivity contribution >= 4 is 32.3 Å². The van der Waals surface area contributed by atoms with Crippen LogP contribution in [0, 0.1) is 0 Å². The molecule has 0 fully saturated rings. The number of carbonyl (C=O) groups excluding carboxylic acids is 2. The smallest absolute Gasteiger partial charge is 0.466 e. The number of esters is 2. The highest BCUT2D eigenvalue weighted by molar-refractivity contribution is 7.99. The molecule has 0 bridgehead atoms. The SMILES string of the molecule is CC(C)(C)c1ccc(OP(Oc2ccc(C(C)(C)C)cc2C(C)(C)C)Oc2ccc(C(C)(C)C)cc2C(C)(C)C)c(C(C)(C)C)c1.CCCCCCCCCCCCOC(=O)CCSCCC(=O)OCCCCCCCCCCCC. The lowest BCUT2D eigenvalue weighted by molar-refractivity contribution is -0.144. The van der Waals surface area contributed by atoms with Crippen LogP contribution in [0.25, 0.3) is 0 Å². The second-order valence-corrected chi connectivity index (χ2v) is 31.3. The van der Waals surface area contributed by atoms with Crippen molar-refractivity contribution in [3.05, 3.63) is 88.0 Å². The number of ether oxygens (including phenoxy) is 2. The molecule has 0 atom stereocenters. The van der Waals surface area contributed by atoms with Gasteiger partial charge in [0.15, 0.2) is 0 Å². The number of rotatable bonds is 34. The maximum atomic E-state index is 11.8. The van der Waals surface area contributed by atoms with E-state index >= 15 is 0 Å². The molecule has 3 rings (SSSR count). The van der Waals surface area contributed by atoms with Crippen LogP contribution in [0.5, 0.6) is 17.2 Å². The van der Waals surface area contributed by atoms with E-state index in [-0.39, 0.29) is 44.4 Å². The van der Waals surface area contributed by atoms with Crippen molar-refractivity contribution in [3.63, 3.8) is 0 Å². The molecule has 0 unspecified atom stereocenters. The molecule has 0 aliphatic carbocycles. The third-order valence-electron chi connectivity index (χ3n) is 14.9. The van der Waals surface area contributed by atoms with Crippen molar-refractivity contribution in [3.8, 4) is 17.2 Å². The molecule has 0 N–H and O–H groups in total. The van der Waals surface area contributed by atoms with Gasteiger partial charge in [0.2, 0.25) is 0 Å². The third-order valence-corrected chi connectivity index (χ3v) is 16.9. The van der Waals surface area contributed by atoms with Crippen LogP contribution in [0.15, 0.2) is 54.6 Å². The average Bonchev–Trinajstić information content (AvgIpc) is 3.35. The minimum absolute atomic E-state index is 0.0170. The van der Waals surface area contributed by atoms with E-state index in [0.717, 1.165) is 59.6 Å². The second-order valence-electron chi connectivity index (χ2n) is 29.0. The second kappa shape index (κ2) is 36.6. The van der Waals surface area contributed by atoms with Crippen molar-refractivity contribution in [2.75, 3.05) is 24.7 Å². The fourth-order valence-electron chi connectivity index (χ4n) is 9.39. The summed E-state index contributed by atoms with van der Waals surface area (Å²) in [4.78, 5) is 23.6. The molecule has 0 radical (unpaired) electrons. The average molecular weight is 1160 g/mol. The minimum Gasteiger partial charge on any atom is -0.466 e. The minimum atomic E-state index is -1.89. The van der Waals surface area contributed by atoms with E-state index in [2.05, 4.69) is 193 Å². The van der Waals surface area contributed by atoms with Crippen LogP contribution in [-0.4, -0.2) is 36.7 Å². The van der Waals surface area contributed by atoms with E-state index < -0.39 is 8.60 Å². The highest BCUT2D eigenvalue weighted by Crippen LogP contribution is 2.50. The van der Waals surface area contributed by atoms with Crippen LogP contribution in [0.2, 0.25) is 0 Å². The monoisotopic (exact) mass is 1160 g/mol. The van der Waals surface area contributed by atoms with Crippen LogP contribution >= 0.6 is 20.4 Å². The molecule has 0 spiro atoms. The summed E-state index contributed by atoms with van der Waals surface area (Å²) in [6.45, 7) is 45.9. The summed E-state index contributed by atoms with van der Waals surface area (Å²) in [5.41, 5.74) is 6.85. The van der Waals surface area contributed by atoms with Gasteiger partial charge < -0.3 is 23.0 Å². The Labute approximate surface area is 504 Å². The Kier molecular flexibility index (Phi) is 33.4. The zero-order valence-corrected chi connectivity index (χ0v) is 57.5. The number of unbranched alkanes of at least 4 members (excludes halogenated alkanes) is 18. The zero-order valence-electron chi connectivity index (χ0n) is 55.8. The molecule has 0 aliphatic rings. The highest BCUT2D eigenvalue weighted by atomic mass is 32.2. The van der Waals surface area contributed by atoms with Gasteiger partial charge in [-0.05, 0) is 80.2 Å². The third kappa shape index (κ3) is 31.0. The number of hydrogen-bond acceptors (Lipinski definition) is 8. The number of thioether (sulfide) groups is 1. The maximum Gasteiger partial charge on any atom is 0.530 e. The topological polar surface area (TPSA) is 80.3 Å². The quantitative estimate of drug-likeness (QED) is 0.0332. The van der Waals surface area contributed by atoms with Gasteiger partial charge in [-0.15, -0.1) is 0 Å². The normalized spacial score (nSPS) is 12.5. The van der Waals surface area contributed by atoms with Crippen molar-refractivity contribution in [2.24, 2.45) is 0 Å². The standard InChI is InChI=1S/C42H63O3P.C30H58O4S/c1-37(2,3)28-19-22-34(31(25-28)40(10,11)12)43-46(44-35-23-20-29(38(4,5)6)26-32(35)41(13,14)15)45-36-24-21-30(39(7,8)9)27-33(36)42(16,17)18;1-3-5-7-9-11-13-15-17-19-21-25-33-29(31)23-27-35-28-24-30(32)34-26-22-20-18-16-14-12-10-8-6-4-2/h19-27H,1-18H3;3-28H2,1-2H3. The fourth-order valence-corrected chi connectivity index (χ4v) is 11.3. The van der Waals surface area contributed by atoms with E-state index in [1.807, 2.05) is 0 Å². The zero-order chi connectivity index (χ0) is 60.9. The largest absolute Gasteiger partial charge is 0.530 e. The molecule has 0 aromatic heterocycles. The first-order chi connectivity index (χ1) is 37.8. The first-order valence-corrected chi connectivity index (χ1v) is 34.2. The molecule has 462 valence electrons. The van der Waals surface area contributed by atoms with Crippen molar-refractivity contribution in [2.45, 2.75) is 312 Å². The lowest BCUT2D eigenvalue weighted by Gasteiger charge is -2.31. The van der Waals surface area contributed by atoms with Crippen molar-refractivity contribution < 1.29 is 32.6 Å². The molecular formula is C72H121O7PS. The molecule has 81 heavy (non-hydrogen) atoms. The molecule has 3 aromatic carbocycles. The molecule has 0 aliphatic heterocycles. The molecule has 7 nitrogen and oxygen atoms in total. The van der Waals surface area contributed by atoms with Gasteiger partial charge in [0.25, 0.3) is 0 Å². The van der Waals surface area contributed by atoms with Crippen molar-refractivity contribution in [1.29, 1.82) is 0 Å². The van der Waals surface area contributed by atoms with Crippen LogP contribution in [0.4, 0.5) is 0 Å². The summed E-state index contributed by atoms with van der Waals surface area (Å²) in [6, 6.07) is 19.7. The van der Waals surface area contributed by atoms with Crippen LogP contribution < -0.4 is 13.6 Å². The van der Waals surface area contributed by atoms with E-state index in [4.69, 9.17) is 23.0 Å². The summed E-state index contributed by atoms with van der Waals surface area (Å²) in [7, 11) is -1.89. The van der Waals surface area contributed by atoms with Gasteiger partial charge in [-0.1, -0.05) is 290 Å². The number of carbonyl (C=O) groups is 2. The Balaban J connectivity index is 0.000000577. The van der Waals surface area contributed by atoms with Crippen LogP contribution in [-0.2, 0) is 51.6 Å².